The van der Waals surface area contributed by atoms with Crippen molar-refractivity contribution >= 4 is 22.4 Å². The Labute approximate surface area is 151 Å². The quantitative estimate of drug-likeness (QED) is 0.851. The Morgan fingerprint density at radius 3 is 2.38 bits per heavy atom. The van der Waals surface area contributed by atoms with Crippen LogP contribution in [0, 0.1) is 5.41 Å². The molecule has 1 N–H and O–H groups in total. The van der Waals surface area contributed by atoms with Crippen LogP contribution in [0.15, 0.2) is 30.3 Å². The van der Waals surface area contributed by atoms with Crippen molar-refractivity contribution in [2.45, 2.75) is 19.1 Å². The van der Waals surface area contributed by atoms with Crippen molar-refractivity contribution in [3.05, 3.63) is 35.9 Å². The van der Waals surface area contributed by atoms with E-state index in [4.69, 9.17) is 0 Å². The Kier molecular flexibility index (Phi) is 6.67. The molecule has 2 saturated heterocycles. The average Bonchev–Trinajstić information content (AvgIpc) is 2.95. The molecule has 0 aromatic heterocycles. The molecule has 7 heteroatoms. The summed E-state index contributed by atoms with van der Waals surface area (Å²) in [5.41, 5.74) is 1.20. The zero-order valence-corrected chi connectivity index (χ0v) is 15.9. The zero-order chi connectivity index (χ0) is 16.3. The predicted molar refractivity (Wildman–Crippen MR) is 99.9 cm³/mol. The summed E-state index contributed by atoms with van der Waals surface area (Å²) in [7, 11) is -3.21. The minimum absolute atomic E-state index is 0. The van der Waals surface area contributed by atoms with Gasteiger partial charge in [-0.15, -0.1) is 12.4 Å². The number of halogens is 1. The molecule has 136 valence electrons. The lowest BCUT2D eigenvalue weighted by Crippen LogP contribution is -2.51. The first kappa shape index (κ1) is 19.7. The summed E-state index contributed by atoms with van der Waals surface area (Å²) in [5, 5.41) is 3.43. The van der Waals surface area contributed by atoms with E-state index in [1.165, 1.54) is 6.42 Å². The van der Waals surface area contributed by atoms with Gasteiger partial charge in [0.15, 0.2) is 0 Å². The predicted octanol–water partition coefficient (Wildman–Crippen LogP) is 1.56. The highest BCUT2D eigenvalue weighted by molar-refractivity contribution is 7.88. The normalized spacial score (nSPS) is 26.2. The van der Waals surface area contributed by atoms with Crippen LogP contribution in [0.25, 0.3) is 0 Å². The molecule has 1 unspecified atom stereocenters. The lowest BCUT2D eigenvalue weighted by Gasteiger charge is -2.38. The molecule has 5 nitrogen and oxygen atoms in total. The number of nitrogens with zero attached hydrogens (tertiary/aromatic N) is 2. The number of benzene rings is 1. The Morgan fingerprint density at radius 1 is 1.12 bits per heavy atom. The van der Waals surface area contributed by atoms with Gasteiger partial charge in [-0.2, -0.15) is 4.31 Å². The van der Waals surface area contributed by atoms with Gasteiger partial charge < -0.3 is 10.2 Å². The van der Waals surface area contributed by atoms with E-state index in [0.29, 0.717) is 18.5 Å². The first-order valence-electron chi connectivity index (χ1n) is 8.42. The molecule has 2 fully saturated rings. The fourth-order valence-corrected chi connectivity index (χ4v) is 5.10. The van der Waals surface area contributed by atoms with Gasteiger partial charge in [0.05, 0.1) is 5.75 Å². The molecular weight excluding hydrogens is 346 g/mol. The van der Waals surface area contributed by atoms with E-state index in [1.54, 1.807) is 4.31 Å². The molecule has 0 bridgehead atoms. The molecule has 1 atom stereocenters. The summed E-state index contributed by atoms with van der Waals surface area (Å²) in [6.07, 6.45) is 1.21. The van der Waals surface area contributed by atoms with Crippen LogP contribution < -0.4 is 5.32 Å². The molecule has 3 rings (SSSR count). The number of hydrogen-bond donors (Lipinski definition) is 1. The van der Waals surface area contributed by atoms with Crippen molar-refractivity contribution in [1.29, 1.82) is 0 Å². The monoisotopic (exact) mass is 373 g/mol. The van der Waals surface area contributed by atoms with E-state index in [0.717, 1.165) is 38.3 Å². The van der Waals surface area contributed by atoms with Crippen molar-refractivity contribution in [2.24, 2.45) is 5.41 Å². The third-order valence-electron chi connectivity index (χ3n) is 4.98. The van der Waals surface area contributed by atoms with E-state index in [-0.39, 0.29) is 18.2 Å². The van der Waals surface area contributed by atoms with E-state index in [1.807, 2.05) is 30.3 Å². The van der Waals surface area contributed by atoms with Crippen molar-refractivity contribution in [2.75, 3.05) is 45.8 Å². The summed E-state index contributed by atoms with van der Waals surface area (Å²) in [6, 6.07) is 9.44. The first-order valence-corrected chi connectivity index (χ1v) is 10.0. The maximum atomic E-state index is 12.6. The van der Waals surface area contributed by atoms with Crippen LogP contribution in [-0.4, -0.2) is 63.4 Å². The molecule has 0 saturated carbocycles. The molecule has 24 heavy (non-hydrogen) atoms. The first-order chi connectivity index (χ1) is 11.0. The van der Waals surface area contributed by atoms with Gasteiger partial charge in [0.1, 0.15) is 0 Å². The topological polar surface area (TPSA) is 52.7 Å². The van der Waals surface area contributed by atoms with Gasteiger partial charge in [-0.05, 0) is 23.9 Å². The van der Waals surface area contributed by atoms with Crippen molar-refractivity contribution in [3.63, 3.8) is 0 Å². The Morgan fingerprint density at radius 2 is 1.79 bits per heavy atom. The highest BCUT2D eigenvalue weighted by Crippen LogP contribution is 2.26. The molecule has 1 aromatic rings. The number of nitrogens with one attached hydrogen (secondary N) is 1. The lowest BCUT2D eigenvalue weighted by molar-refractivity contribution is 0.132. The van der Waals surface area contributed by atoms with Crippen molar-refractivity contribution in [3.8, 4) is 0 Å². The molecule has 0 aliphatic carbocycles. The summed E-state index contributed by atoms with van der Waals surface area (Å²) < 4.78 is 26.8. The third kappa shape index (κ3) is 4.92. The molecule has 1 aromatic carbocycles. The van der Waals surface area contributed by atoms with Gasteiger partial charge in [0.2, 0.25) is 10.0 Å². The van der Waals surface area contributed by atoms with Crippen LogP contribution >= 0.6 is 12.4 Å². The second-order valence-corrected chi connectivity index (χ2v) is 9.12. The second kappa shape index (κ2) is 8.15. The van der Waals surface area contributed by atoms with Gasteiger partial charge >= 0.3 is 0 Å². The van der Waals surface area contributed by atoms with Crippen LogP contribution in [0.3, 0.4) is 0 Å². The number of sulfonamides is 1. The molecular formula is C17H28ClN3O2S. The summed E-state index contributed by atoms with van der Waals surface area (Å²) >= 11 is 0. The van der Waals surface area contributed by atoms with Crippen LogP contribution in [0.1, 0.15) is 18.9 Å². The minimum atomic E-state index is -3.21. The second-order valence-electron chi connectivity index (χ2n) is 7.15. The maximum absolute atomic E-state index is 12.6. The third-order valence-corrected chi connectivity index (χ3v) is 6.83. The van der Waals surface area contributed by atoms with Gasteiger partial charge in [-0.3, -0.25) is 0 Å². The fraction of sp³-hybridized carbons (Fsp3) is 0.647. The van der Waals surface area contributed by atoms with Gasteiger partial charge in [-0.25, -0.2) is 8.42 Å². The van der Waals surface area contributed by atoms with Crippen molar-refractivity contribution in [1.82, 2.24) is 14.5 Å². The molecule has 2 heterocycles. The van der Waals surface area contributed by atoms with E-state index >= 15 is 0 Å². The Bertz CT molecular complexity index is 610. The van der Waals surface area contributed by atoms with E-state index < -0.39 is 10.0 Å². The van der Waals surface area contributed by atoms with Crippen LogP contribution in [0.4, 0.5) is 0 Å². The Balaban J connectivity index is 0.00000208. The van der Waals surface area contributed by atoms with Crippen LogP contribution in [0.5, 0.6) is 0 Å². The SMILES string of the molecule is CC1(CN2CCN(S(=O)(=O)Cc3ccccc3)CC2)CCNC1.Cl. The molecule has 0 radical (unpaired) electrons. The van der Waals surface area contributed by atoms with Gasteiger partial charge in [0.25, 0.3) is 0 Å². The van der Waals surface area contributed by atoms with Crippen LogP contribution in [0.2, 0.25) is 0 Å². The number of hydrogen-bond acceptors (Lipinski definition) is 4. The fourth-order valence-electron chi connectivity index (χ4n) is 3.59. The molecule has 2 aliphatic rings. The highest BCUT2D eigenvalue weighted by atomic mass is 35.5. The average molecular weight is 374 g/mol. The minimum Gasteiger partial charge on any atom is -0.316 e. The maximum Gasteiger partial charge on any atom is 0.218 e. The van der Waals surface area contributed by atoms with Gasteiger partial charge in [0, 0.05) is 39.3 Å². The summed E-state index contributed by atoms with van der Waals surface area (Å²) in [5.74, 6) is 0.107. The van der Waals surface area contributed by atoms with Crippen LogP contribution in [-0.2, 0) is 15.8 Å². The summed E-state index contributed by atoms with van der Waals surface area (Å²) in [6.45, 7) is 8.45. The molecule has 0 spiro atoms. The van der Waals surface area contributed by atoms with Crippen molar-refractivity contribution < 1.29 is 8.42 Å². The molecule has 2 aliphatic heterocycles. The van der Waals surface area contributed by atoms with E-state index in [9.17, 15) is 8.42 Å². The zero-order valence-electron chi connectivity index (χ0n) is 14.3. The van der Waals surface area contributed by atoms with E-state index in [2.05, 4.69) is 17.1 Å². The number of rotatable bonds is 5. The summed E-state index contributed by atoms with van der Waals surface area (Å²) in [4.78, 5) is 2.42. The molecule has 0 amide bonds. The Hall–Kier alpha value is -0.660. The largest absolute Gasteiger partial charge is 0.316 e. The lowest BCUT2D eigenvalue weighted by atomic mass is 9.89. The number of piperazine rings is 1. The van der Waals surface area contributed by atoms with Gasteiger partial charge in [-0.1, -0.05) is 37.3 Å². The highest BCUT2D eigenvalue weighted by Gasteiger charge is 2.33. The standard InChI is InChI=1S/C17H27N3O2S.ClH/c1-17(7-8-18-14-17)15-19-9-11-20(12-10-19)23(21,22)13-16-5-3-2-4-6-16;/h2-6,18H,7-15H2,1H3;1H. The smallest absolute Gasteiger partial charge is 0.218 e.